The predicted octanol–water partition coefficient (Wildman–Crippen LogP) is 24.6. The van der Waals surface area contributed by atoms with Crippen LogP contribution in [-0.2, 0) is 65.4 Å². The fraction of sp³-hybridized carbons (Fsp3) is 0.640. The number of carbonyl (C=O) groups excluding carboxylic acids is 4. The molecule has 0 radical (unpaired) electrons. The molecule has 0 aromatic heterocycles. The Balaban J connectivity index is 5.44. The van der Waals surface area contributed by atoms with Crippen LogP contribution in [-0.4, -0.2) is 96.7 Å². The molecule has 5 unspecified atom stereocenters. The normalized spacial score (nSPS) is 14.7. The van der Waals surface area contributed by atoms with Crippen molar-refractivity contribution in [2.24, 2.45) is 0 Å². The highest BCUT2D eigenvalue weighted by atomic mass is 31.2. The van der Waals surface area contributed by atoms with Crippen LogP contribution in [0.1, 0.15) is 310 Å². The number of hydrogen-bond donors (Lipinski definition) is 3. The maximum absolute atomic E-state index is 13.1. The molecule has 0 aliphatic heterocycles. The summed E-state index contributed by atoms with van der Waals surface area (Å²) in [6.45, 7) is 4.45. The molecule has 0 spiro atoms. The largest absolute Gasteiger partial charge is 0.472 e. The van der Waals surface area contributed by atoms with Crippen LogP contribution in [0, 0.1) is 0 Å². The Bertz CT molecular complexity index is 2710. The molecular formula is C89H146O17P2. The van der Waals surface area contributed by atoms with E-state index >= 15 is 0 Å². The summed E-state index contributed by atoms with van der Waals surface area (Å²) < 4.78 is 68.6. The van der Waals surface area contributed by atoms with E-state index in [1.807, 2.05) is 18.2 Å². The van der Waals surface area contributed by atoms with E-state index in [-0.39, 0.29) is 25.7 Å². The lowest BCUT2D eigenvalue weighted by Crippen LogP contribution is -2.30. The molecule has 0 aromatic rings. The summed E-state index contributed by atoms with van der Waals surface area (Å²) in [6.07, 6.45) is 94.8. The van der Waals surface area contributed by atoms with E-state index in [4.69, 9.17) is 37.0 Å². The molecule has 5 atom stereocenters. The van der Waals surface area contributed by atoms with Gasteiger partial charge in [0.2, 0.25) is 0 Å². The van der Waals surface area contributed by atoms with Gasteiger partial charge in [0.25, 0.3) is 0 Å². The zero-order valence-electron chi connectivity index (χ0n) is 67.2. The van der Waals surface area contributed by atoms with Crippen LogP contribution in [0.2, 0.25) is 0 Å². The summed E-state index contributed by atoms with van der Waals surface area (Å²) in [4.78, 5) is 73.1. The van der Waals surface area contributed by atoms with Gasteiger partial charge in [-0.1, -0.05) is 294 Å². The van der Waals surface area contributed by atoms with E-state index in [2.05, 4.69) is 180 Å². The van der Waals surface area contributed by atoms with E-state index in [9.17, 15) is 43.2 Å². The third kappa shape index (κ3) is 78.5. The van der Waals surface area contributed by atoms with E-state index in [0.29, 0.717) is 32.1 Å². The Morgan fingerprint density at radius 3 is 0.833 bits per heavy atom. The molecule has 0 aromatic carbocycles. The molecule has 0 bridgehead atoms. The summed E-state index contributed by atoms with van der Waals surface area (Å²) >= 11 is 0. The SMILES string of the molecule is CC/C=C\C/C=C\C/C=C\C/C=C\C/C=C\C/C=C\CCC(=O)OCC(COP(=O)(O)OCC(O)COP(=O)(O)OCC(COC(=O)CCCCCCCC/C=C\C/C=C\C/C=C\C/C=C\CC)OC(=O)CCCCCCC/C=C\CCCC)OC(=O)CCCCCCCC/C=C\C/C=C\C/C=C\CCCCC. The van der Waals surface area contributed by atoms with Crippen LogP contribution in [0.4, 0.5) is 0 Å². The Morgan fingerprint density at radius 1 is 0.269 bits per heavy atom. The fourth-order valence-electron chi connectivity index (χ4n) is 10.4. The molecule has 3 N–H and O–H groups in total. The van der Waals surface area contributed by atoms with Crippen LogP contribution in [0.15, 0.2) is 170 Å². The quantitative estimate of drug-likeness (QED) is 0.0169. The van der Waals surface area contributed by atoms with E-state index in [1.165, 1.54) is 32.1 Å². The molecule has 19 heteroatoms. The van der Waals surface area contributed by atoms with Gasteiger partial charge < -0.3 is 33.8 Å². The number of allylic oxidation sites excluding steroid dienone is 28. The molecule has 0 fully saturated rings. The number of phosphoric acid groups is 2. The molecule has 108 heavy (non-hydrogen) atoms. The maximum Gasteiger partial charge on any atom is 0.472 e. The summed E-state index contributed by atoms with van der Waals surface area (Å²) in [5.41, 5.74) is 0. The average Bonchev–Trinajstić information content (AvgIpc) is 0.917. The Morgan fingerprint density at radius 2 is 0.509 bits per heavy atom. The summed E-state index contributed by atoms with van der Waals surface area (Å²) in [5, 5.41) is 10.7. The van der Waals surface area contributed by atoms with Crippen LogP contribution in [0.3, 0.4) is 0 Å². The Hall–Kier alpha value is -5.58. The minimum Gasteiger partial charge on any atom is -0.462 e. The smallest absolute Gasteiger partial charge is 0.462 e. The highest BCUT2D eigenvalue weighted by Crippen LogP contribution is 2.45. The lowest BCUT2D eigenvalue weighted by atomic mass is 10.1. The molecular weight excluding hydrogens is 1400 g/mol. The van der Waals surface area contributed by atoms with Gasteiger partial charge in [-0.05, 0) is 161 Å². The van der Waals surface area contributed by atoms with Gasteiger partial charge in [-0.15, -0.1) is 0 Å². The third-order valence-corrected chi connectivity index (χ3v) is 18.6. The summed E-state index contributed by atoms with van der Waals surface area (Å²) in [6, 6.07) is 0. The van der Waals surface area contributed by atoms with Gasteiger partial charge in [0.1, 0.15) is 19.3 Å². The lowest BCUT2D eigenvalue weighted by molar-refractivity contribution is -0.161. The van der Waals surface area contributed by atoms with Gasteiger partial charge in [-0.2, -0.15) is 0 Å². The number of ether oxygens (including phenoxy) is 4. The number of esters is 4. The number of aliphatic hydroxyl groups is 1. The molecule has 614 valence electrons. The van der Waals surface area contributed by atoms with Crippen molar-refractivity contribution in [3.8, 4) is 0 Å². The van der Waals surface area contributed by atoms with Crippen molar-refractivity contribution < 1.29 is 80.2 Å². The second-order valence-corrected chi connectivity index (χ2v) is 29.8. The van der Waals surface area contributed by atoms with Crippen LogP contribution in [0.25, 0.3) is 0 Å². The molecule has 0 saturated heterocycles. The second kappa shape index (κ2) is 79.5. The number of unbranched alkanes of at least 4 members (excludes halogenated alkanes) is 22. The molecule has 0 heterocycles. The zero-order chi connectivity index (χ0) is 78.9. The van der Waals surface area contributed by atoms with E-state index in [1.54, 1.807) is 0 Å². The summed E-state index contributed by atoms with van der Waals surface area (Å²) in [7, 11) is -10.0. The first-order valence-corrected chi connectivity index (χ1v) is 44.4. The monoisotopic (exact) mass is 1550 g/mol. The highest BCUT2D eigenvalue weighted by molar-refractivity contribution is 7.47. The minimum atomic E-state index is -5.01. The van der Waals surface area contributed by atoms with Gasteiger partial charge in [0.15, 0.2) is 12.2 Å². The minimum absolute atomic E-state index is 0.0276. The number of aliphatic hydroxyl groups excluding tert-OH is 1. The number of phosphoric ester groups is 2. The summed E-state index contributed by atoms with van der Waals surface area (Å²) in [5.74, 6) is -2.32. The topological polar surface area (TPSA) is 237 Å². The maximum atomic E-state index is 13.1. The Kier molecular flexibility index (Phi) is 75.4. The van der Waals surface area contributed by atoms with Crippen molar-refractivity contribution in [1.82, 2.24) is 0 Å². The number of hydrogen-bond acceptors (Lipinski definition) is 15. The van der Waals surface area contributed by atoms with E-state index < -0.39 is 97.5 Å². The van der Waals surface area contributed by atoms with Gasteiger partial charge in [0, 0.05) is 25.7 Å². The van der Waals surface area contributed by atoms with Gasteiger partial charge >= 0.3 is 39.5 Å². The first kappa shape index (κ1) is 102. The van der Waals surface area contributed by atoms with Crippen LogP contribution in [0.5, 0.6) is 0 Å². The van der Waals surface area contributed by atoms with Gasteiger partial charge in [0.05, 0.1) is 26.4 Å². The standard InChI is InChI=1S/C89H146O17P2/c1-5-9-13-17-21-25-29-32-35-38-41-44-47-50-54-57-61-65-69-73-86(91)99-79-84(105-88(93)75-71-67-63-59-53-28-24-20-16-12-8-4)81-103-107(95,96)101-77-83(90)78-102-108(97,98)104-82-85(106-89(94)76-72-68-64-60-56-52-49-46-43-40-37-34-31-27-23-19-15-11-7-3)80-100-87(92)74-70-66-62-58-55-51-48-45-42-39-36-33-30-26-22-18-14-10-6-2/h9-10,13-14,20-27,32-37,41-46,51,55,62,66,83-85,90H,5-8,11-12,15-19,28-31,38-40,47-50,52-54,56-61,63-65,67-82H2,1-4H3,(H,95,96)(H,97,98)/b13-9-,14-10-,24-20-,25-21-,26-22-,27-23-,35-32-,36-33-,37-34-,44-41-,45-42-,46-43-,55-51-,66-62-. The van der Waals surface area contributed by atoms with Gasteiger partial charge in [-0.25, -0.2) is 9.13 Å². The average molecular weight is 1550 g/mol. The first-order chi connectivity index (χ1) is 52.7. The van der Waals surface area contributed by atoms with Crippen LogP contribution < -0.4 is 0 Å². The van der Waals surface area contributed by atoms with Crippen LogP contribution >= 0.6 is 15.6 Å². The molecule has 17 nitrogen and oxygen atoms in total. The second-order valence-electron chi connectivity index (χ2n) is 26.9. The van der Waals surface area contributed by atoms with Crippen molar-refractivity contribution >= 4 is 39.5 Å². The predicted molar refractivity (Wildman–Crippen MR) is 445 cm³/mol. The number of carbonyl (C=O) groups is 4. The lowest BCUT2D eigenvalue weighted by Gasteiger charge is -2.21. The third-order valence-electron chi connectivity index (χ3n) is 16.7. The fourth-order valence-corrected chi connectivity index (χ4v) is 12.0. The molecule has 0 saturated carbocycles. The zero-order valence-corrected chi connectivity index (χ0v) is 69.0. The van der Waals surface area contributed by atoms with Crippen molar-refractivity contribution in [3.63, 3.8) is 0 Å². The molecule has 0 aliphatic rings. The number of rotatable bonds is 76. The van der Waals surface area contributed by atoms with Crippen molar-refractivity contribution in [2.45, 2.75) is 329 Å². The highest BCUT2D eigenvalue weighted by Gasteiger charge is 2.30. The Labute approximate surface area is 654 Å². The van der Waals surface area contributed by atoms with E-state index in [0.717, 1.165) is 193 Å². The molecule has 0 aliphatic carbocycles. The molecule has 0 amide bonds. The molecule has 0 rings (SSSR count). The van der Waals surface area contributed by atoms with Crippen molar-refractivity contribution in [1.29, 1.82) is 0 Å². The first-order valence-electron chi connectivity index (χ1n) is 41.4. The van der Waals surface area contributed by atoms with Gasteiger partial charge in [-0.3, -0.25) is 37.3 Å². The van der Waals surface area contributed by atoms with Crippen molar-refractivity contribution in [2.75, 3.05) is 39.6 Å². The van der Waals surface area contributed by atoms with Crippen molar-refractivity contribution in [3.05, 3.63) is 170 Å².